The first-order chi connectivity index (χ1) is 16.1. The normalized spacial score (nSPS) is 55.9. The average Bonchev–Trinajstić information content (AvgIpc) is 3.65. The Bertz CT molecular complexity index is 977. The zero-order valence-electron chi connectivity index (χ0n) is 23.0. The Balaban J connectivity index is 1.27. The molecule has 6 aliphatic carbocycles. The minimum absolute atomic E-state index is 0.107. The minimum Gasteiger partial charge on any atom is -0.406 e. The second-order valence-electron chi connectivity index (χ2n) is 15.5. The molecular weight excluding hydrogens is 452 g/mol. The topological polar surface area (TPSA) is 69.9 Å². The van der Waals surface area contributed by atoms with Gasteiger partial charge in [-0.1, -0.05) is 46.5 Å². The van der Waals surface area contributed by atoms with Crippen LogP contribution in [0.3, 0.4) is 0 Å². The van der Waals surface area contributed by atoms with Crippen molar-refractivity contribution in [2.24, 2.45) is 52.3 Å². The Hall–Kier alpha value is -0.383. The maximum absolute atomic E-state index is 12.2. The van der Waals surface area contributed by atoms with E-state index in [-0.39, 0.29) is 22.0 Å². The summed E-state index contributed by atoms with van der Waals surface area (Å²) in [6.07, 6.45) is 6.23. The summed E-state index contributed by atoms with van der Waals surface area (Å²) in [5, 5.41) is 34.8. The van der Waals surface area contributed by atoms with Crippen LogP contribution in [0.2, 0.25) is 18.1 Å². The Morgan fingerprint density at radius 1 is 0.943 bits per heavy atom. The number of hydrogen-bond donors (Lipinski definition) is 3. The lowest BCUT2D eigenvalue weighted by atomic mass is 9.42. The van der Waals surface area contributed by atoms with Crippen molar-refractivity contribution in [2.75, 3.05) is 6.61 Å². The maximum atomic E-state index is 12.2. The van der Waals surface area contributed by atoms with E-state index in [0.717, 1.165) is 38.5 Å². The molecule has 0 aliphatic heterocycles. The van der Waals surface area contributed by atoms with Crippen molar-refractivity contribution in [3.8, 4) is 11.8 Å². The molecule has 0 bridgehead atoms. The van der Waals surface area contributed by atoms with Gasteiger partial charge < -0.3 is 19.7 Å². The van der Waals surface area contributed by atoms with Gasteiger partial charge in [0.25, 0.3) is 0 Å². The fraction of sp³-hybridized carbons (Fsp3) is 0.933. The zero-order chi connectivity index (χ0) is 25.4. The molecule has 35 heavy (non-hydrogen) atoms. The van der Waals surface area contributed by atoms with Crippen molar-refractivity contribution in [1.82, 2.24) is 0 Å². The monoisotopic (exact) mass is 500 g/mol. The van der Waals surface area contributed by atoms with Crippen LogP contribution >= 0.6 is 0 Å². The summed E-state index contributed by atoms with van der Waals surface area (Å²) in [4.78, 5) is 0. The largest absolute Gasteiger partial charge is 0.406 e. The molecule has 196 valence electrons. The molecule has 0 heterocycles. The van der Waals surface area contributed by atoms with Gasteiger partial charge in [-0.05, 0) is 97.6 Å². The summed E-state index contributed by atoms with van der Waals surface area (Å²) in [6, 6.07) is 0. The van der Waals surface area contributed by atoms with Crippen molar-refractivity contribution < 1.29 is 19.7 Å². The Labute approximate surface area is 213 Å². The second-order valence-corrected chi connectivity index (χ2v) is 20.3. The molecule has 6 aliphatic rings. The summed E-state index contributed by atoms with van der Waals surface area (Å²) < 4.78 is 6.32. The average molecular weight is 501 g/mol. The molecule has 0 radical (unpaired) electrons. The van der Waals surface area contributed by atoms with Crippen LogP contribution in [0, 0.1) is 64.1 Å². The Kier molecular flexibility index (Phi) is 5.11. The molecule has 0 aromatic heterocycles. The van der Waals surface area contributed by atoms with Gasteiger partial charge in [-0.25, -0.2) is 0 Å². The van der Waals surface area contributed by atoms with Crippen molar-refractivity contribution in [2.45, 2.75) is 115 Å². The molecule has 0 saturated heterocycles. The predicted octanol–water partition coefficient (Wildman–Crippen LogP) is 4.97. The molecule has 12 atom stereocenters. The van der Waals surface area contributed by atoms with Gasteiger partial charge in [0.15, 0.2) is 8.32 Å². The van der Waals surface area contributed by atoms with Crippen molar-refractivity contribution in [1.29, 1.82) is 0 Å². The van der Waals surface area contributed by atoms with Crippen molar-refractivity contribution >= 4 is 8.32 Å². The van der Waals surface area contributed by atoms with E-state index < -0.39 is 19.5 Å². The summed E-state index contributed by atoms with van der Waals surface area (Å²) >= 11 is 0. The summed E-state index contributed by atoms with van der Waals surface area (Å²) in [6.45, 7) is 16.4. The molecule has 6 rings (SSSR count). The van der Waals surface area contributed by atoms with E-state index in [1.807, 2.05) is 0 Å². The number of hydrogen-bond acceptors (Lipinski definition) is 4. The van der Waals surface area contributed by atoms with Gasteiger partial charge in [-0.2, -0.15) is 0 Å². The van der Waals surface area contributed by atoms with E-state index in [9.17, 15) is 15.3 Å². The molecule has 0 aromatic carbocycles. The maximum Gasteiger partial charge on any atom is 0.193 e. The molecule has 6 saturated carbocycles. The highest BCUT2D eigenvalue weighted by molar-refractivity contribution is 6.74. The molecule has 0 aromatic rings. The standard InChI is InChI=1S/C30H48O4Si/c1-26(2,3)35(6,7)34-14-8-11-29(32)23-16-20(23)25-24-19-15-22(19)30(33)17-18(31)9-12-27(30,4)21(24)10-13-28(25,29)5/h18-25,31-33H,9-10,12-17H2,1-7H3/t18-,19-,20?,21-,22+,23-,24+,25?,27+,28-,29-,30+/m0/s1. The first-order valence-corrected chi connectivity index (χ1v) is 17.3. The smallest absolute Gasteiger partial charge is 0.193 e. The molecule has 6 fully saturated rings. The van der Waals surface area contributed by atoms with Crippen molar-refractivity contribution in [3.63, 3.8) is 0 Å². The van der Waals surface area contributed by atoms with Gasteiger partial charge in [0.2, 0.25) is 0 Å². The van der Waals surface area contributed by atoms with Crippen molar-refractivity contribution in [3.05, 3.63) is 0 Å². The number of fused-ring (bicyclic) bond motifs is 10. The third-order valence-electron chi connectivity index (χ3n) is 13.2. The molecule has 0 spiro atoms. The van der Waals surface area contributed by atoms with Gasteiger partial charge in [0.1, 0.15) is 5.60 Å². The van der Waals surface area contributed by atoms with E-state index in [4.69, 9.17) is 4.43 Å². The molecule has 5 heteroatoms. The highest BCUT2D eigenvalue weighted by Gasteiger charge is 2.81. The number of aliphatic hydroxyl groups is 3. The molecule has 4 nitrogen and oxygen atoms in total. The first kappa shape index (κ1) is 24.9. The SMILES string of the molecule is CC(C)(C)[Si](C)(C)OCC#C[C@]1(O)[C@H]2CC2C2[C@@H]3[C@H]4C[C@H]4[C@]4(O)C[C@@H](O)CC[C@]4(C)[C@H]3CC[C@@]21C. The van der Waals surface area contributed by atoms with Crippen LogP contribution < -0.4 is 0 Å². The van der Waals surface area contributed by atoms with E-state index >= 15 is 0 Å². The third kappa shape index (κ3) is 3.07. The Morgan fingerprint density at radius 2 is 1.60 bits per heavy atom. The van der Waals surface area contributed by atoms with Crippen LogP contribution in [0.25, 0.3) is 0 Å². The minimum atomic E-state index is -1.86. The third-order valence-corrected chi connectivity index (χ3v) is 17.7. The molecule has 2 unspecified atom stereocenters. The summed E-state index contributed by atoms with van der Waals surface area (Å²) in [7, 11) is -1.86. The van der Waals surface area contributed by atoms with E-state index in [1.54, 1.807) is 0 Å². The Morgan fingerprint density at radius 3 is 2.29 bits per heavy atom. The van der Waals surface area contributed by atoms with Gasteiger partial charge in [-0.15, -0.1) is 0 Å². The molecular formula is C30H48O4Si. The number of rotatable bonds is 2. The van der Waals surface area contributed by atoms with E-state index in [0.29, 0.717) is 54.5 Å². The van der Waals surface area contributed by atoms with Crippen LogP contribution in [0.15, 0.2) is 0 Å². The zero-order valence-corrected chi connectivity index (χ0v) is 24.0. The number of aliphatic hydroxyl groups excluding tert-OH is 1. The highest BCUT2D eigenvalue weighted by Crippen LogP contribution is 2.81. The second kappa shape index (κ2) is 7.17. The van der Waals surface area contributed by atoms with Crippen LogP contribution in [0.1, 0.15) is 79.6 Å². The van der Waals surface area contributed by atoms with Gasteiger partial charge in [0, 0.05) is 17.8 Å². The molecule has 3 N–H and O–H groups in total. The molecule has 0 amide bonds. The lowest BCUT2D eigenvalue weighted by Gasteiger charge is -2.64. The fourth-order valence-electron chi connectivity index (χ4n) is 10.0. The van der Waals surface area contributed by atoms with Crippen LogP contribution in [-0.2, 0) is 4.43 Å². The predicted molar refractivity (Wildman–Crippen MR) is 140 cm³/mol. The lowest BCUT2D eigenvalue weighted by Crippen LogP contribution is -2.65. The highest BCUT2D eigenvalue weighted by atomic mass is 28.4. The summed E-state index contributed by atoms with van der Waals surface area (Å²) in [5.74, 6) is 10.1. The van der Waals surface area contributed by atoms with Crippen LogP contribution in [0.5, 0.6) is 0 Å². The van der Waals surface area contributed by atoms with Crippen LogP contribution in [0.4, 0.5) is 0 Å². The van der Waals surface area contributed by atoms with E-state index in [1.165, 1.54) is 0 Å². The quantitative estimate of drug-likeness (QED) is 0.370. The lowest BCUT2D eigenvalue weighted by molar-refractivity contribution is -0.233. The van der Waals surface area contributed by atoms with E-state index in [2.05, 4.69) is 59.6 Å². The van der Waals surface area contributed by atoms with Gasteiger partial charge >= 0.3 is 0 Å². The van der Waals surface area contributed by atoms with Gasteiger partial charge in [-0.3, -0.25) is 0 Å². The summed E-state index contributed by atoms with van der Waals surface area (Å²) in [5.41, 5.74) is -1.89. The first-order valence-electron chi connectivity index (χ1n) is 14.4. The van der Waals surface area contributed by atoms with Gasteiger partial charge in [0.05, 0.1) is 18.3 Å². The van der Waals surface area contributed by atoms with Crippen LogP contribution in [-0.4, -0.2) is 47.5 Å². The fourth-order valence-corrected chi connectivity index (χ4v) is 10.9.